The molecule has 3 aromatic rings. The van der Waals surface area contributed by atoms with Crippen LogP contribution in [0.1, 0.15) is 22.5 Å². The van der Waals surface area contributed by atoms with Crippen molar-refractivity contribution in [2.45, 2.75) is 31.7 Å². The van der Waals surface area contributed by atoms with Crippen LogP contribution in [0.5, 0.6) is 0 Å². The van der Waals surface area contributed by atoms with E-state index in [2.05, 4.69) is 5.10 Å². The molecule has 1 aliphatic rings. The molecule has 0 saturated heterocycles. The van der Waals surface area contributed by atoms with Crippen LogP contribution in [0.15, 0.2) is 47.4 Å². The number of aryl methyl sites for hydroxylation is 1. The standard InChI is InChI=1S/C20H19ClFN3O2S/c1-13-20(28(26,27)25-10-9-15-5-3-4-6-19(15)25)14(2)24(23-13)12-16-7-8-17(22)11-18(16)21/h3-8,11H,9-10,12H2,1-2H3. The average molecular weight is 420 g/mol. The maximum atomic E-state index is 13.4. The lowest BCUT2D eigenvalue weighted by atomic mass is 10.2. The molecule has 1 aromatic heterocycles. The molecule has 0 fully saturated rings. The smallest absolute Gasteiger partial charge is 0.266 e. The predicted octanol–water partition coefficient (Wildman–Crippen LogP) is 4.09. The molecule has 0 radical (unpaired) electrons. The van der Waals surface area contributed by atoms with Gasteiger partial charge in [0, 0.05) is 11.6 Å². The van der Waals surface area contributed by atoms with Gasteiger partial charge in [-0.2, -0.15) is 5.10 Å². The Morgan fingerprint density at radius 1 is 1.18 bits per heavy atom. The van der Waals surface area contributed by atoms with Crippen molar-refractivity contribution >= 4 is 27.3 Å². The summed E-state index contributed by atoms with van der Waals surface area (Å²) in [5, 5.41) is 4.70. The van der Waals surface area contributed by atoms with E-state index in [1.54, 1.807) is 24.6 Å². The first-order valence-corrected chi connectivity index (χ1v) is 10.7. The number of halogens is 2. The number of sulfonamides is 1. The summed E-state index contributed by atoms with van der Waals surface area (Å²) in [6.45, 7) is 4.09. The second-order valence-electron chi connectivity index (χ2n) is 6.85. The van der Waals surface area contributed by atoms with Crippen molar-refractivity contribution in [2.24, 2.45) is 0 Å². The zero-order valence-corrected chi connectivity index (χ0v) is 17.1. The van der Waals surface area contributed by atoms with E-state index in [4.69, 9.17) is 11.6 Å². The third-order valence-electron chi connectivity index (χ3n) is 5.04. The van der Waals surface area contributed by atoms with E-state index in [-0.39, 0.29) is 16.5 Å². The minimum Gasteiger partial charge on any atom is -0.266 e. The van der Waals surface area contributed by atoms with Gasteiger partial charge in [-0.25, -0.2) is 12.8 Å². The molecule has 28 heavy (non-hydrogen) atoms. The minimum absolute atomic E-state index is 0.211. The summed E-state index contributed by atoms with van der Waals surface area (Å²) >= 11 is 6.12. The molecule has 0 spiro atoms. The van der Waals surface area contributed by atoms with E-state index < -0.39 is 15.8 Å². The number of anilines is 1. The molecule has 0 saturated carbocycles. The highest BCUT2D eigenvalue weighted by molar-refractivity contribution is 7.93. The summed E-state index contributed by atoms with van der Waals surface area (Å²) in [6.07, 6.45) is 0.687. The highest BCUT2D eigenvalue weighted by Crippen LogP contribution is 2.34. The maximum absolute atomic E-state index is 13.4. The second-order valence-corrected chi connectivity index (χ2v) is 9.06. The van der Waals surface area contributed by atoms with Crippen molar-refractivity contribution in [2.75, 3.05) is 10.8 Å². The molecule has 0 N–H and O–H groups in total. The Kier molecular flexibility index (Phi) is 4.67. The lowest BCUT2D eigenvalue weighted by molar-refractivity contribution is 0.590. The third-order valence-corrected chi connectivity index (χ3v) is 7.46. The lowest BCUT2D eigenvalue weighted by Gasteiger charge is -2.19. The first kappa shape index (κ1) is 19.0. The van der Waals surface area contributed by atoms with Gasteiger partial charge in [-0.1, -0.05) is 35.9 Å². The van der Waals surface area contributed by atoms with Crippen LogP contribution in [0.4, 0.5) is 10.1 Å². The Morgan fingerprint density at radius 3 is 2.68 bits per heavy atom. The van der Waals surface area contributed by atoms with Crippen LogP contribution in [-0.4, -0.2) is 24.7 Å². The topological polar surface area (TPSA) is 55.2 Å². The van der Waals surface area contributed by atoms with E-state index in [1.807, 2.05) is 24.3 Å². The van der Waals surface area contributed by atoms with Gasteiger partial charge in [0.2, 0.25) is 0 Å². The van der Waals surface area contributed by atoms with Crippen LogP contribution in [-0.2, 0) is 23.0 Å². The van der Waals surface area contributed by atoms with Crippen LogP contribution in [0, 0.1) is 19.7 Å². The zero-order valence-electron chi connectivity index (χ0n) is 15.5. The number of hydrogen-bond acceptors (Lipinski definition) is 3. The van der Waals surface area contributed by atoms with Crippen LogP contribution >= 0.6 is 11.6 Å². The largest absolute Gasteiger partial charge is 0.268 e. The number of hydrogen-bond donors (Lipinski definition) is 0. The fourth-order valence-electron chi connectivity index (χ4n) is 3.69. The van der Waals surface area contributed by atoms with Crippen molar-refractivity contribution in [3.05, 3.63) is 75.8 Å². The predicted molar refractivity (Wildman–Crippen MR) is 107 cm³/mol. The van der Waals surface area contributed by atoms with Crippen LogP contribution < -0.4 is 4.31 Å². The monoisotopic (exact) mass is 419 g/mol. The Labute approximate surface area is 168 Å². The molecule has 146 valence electrons. The summed E-state index contributed by atoms with van der Waals surface area (Å²) in [6, 6.07) is 11.7. The molecular weight excluding hydrogens is 401 g/mol. The quantitative estimate of drug-likeness (QED) is 0.640. The van der Waals surface area contributed by atoms with Crippen molar-refractivity contribution in [1.82, 2.24) is 9.78 Å². The van der Waals surface area contributed by atoms with E-state index >= 15 is 0 Å². The second kappa shape index (κ2) is 6.90. The highest BCUT2D eigenvalue weighted by atomic mass is 35.5. The van der Waals surface area contributed by atoms with E-state index in [0.29, 0.717) is 29.9 Å². The van der Waals surface area contributed by atoms with Gasteiger partial charge in [0.15, 0.2) is 0 Å². The summed E-state index contributed by atoms with van der Waals surface area (Å²) < 4.78 is 43.2. The molecule has 1 aliphatic heterocycles. The Balaban J connectivity index is 1.73. The first-order valence-electron chi connectivity index (χ1n) is 8.87. The van der Waals surface area contributed by atoms with Crippen LogP contribution in [0.2, 0.25) is 5.02 Å². The molecular formula is C20H19ClFN3O2S. The summed E-state index contributed by atoms with van der Waals surface area (Å²) in [5.74, 6) is -0.418. The van der Waals surface area contributed by atoms with Gasteiger partial charge in [0.25, 0.3) is 10.0 Å². The number of benzene rings is 2. The number of rotatable bonds is 4. The van der Waals surface area contributed by atoms with Gasteiger partial charge in [-0.15, -0.1) is 0 Å². The van der Waals surface area contributed by atoms with Gasteiger partial charge in [-0.3, -0.25) is 8.99 Å². The van der Waals surface area contributed by atoms with Gasteiger partial charge in [-0.05, 0) is 49.6 Å². The van der Waals surface area contributed by atoms with E-state index in [9.17, 15) is 12.8 Å². The van der Waals surface area contributed by atoms with Gasteiger partial charge < -0.3 is 0 Å². The Bertz CT molecular complexity index is 1170. The molecule has 0 aliphatic carbocycles. The van der Waals surface area contributed by atoms with Gasteiger partial charge in [0.05, 0.1) is 23.6 Å². The summed E-state index contributed by atoms with van der Waals surface area (Å²) in [7, 11) is -3.74. The molecule has 2 heterocycles. The molecule has 4 rings (SSSR count). The highest BCUT2D eigenvalue weighted by Gasteiger charge is 2.34. The van der Waals surface area contributed by atoms with Crippen molar-refractivity contribution in [1.29, 1.82) is 0 Å². The fourth-order valence-corrected chi connectivity index (χ4v) is 5.80. The van der Waals surface area contributed by atoms with E-state index in [1.165, 1.54) is 16.4 Å². The number of nitrogens with zero attached hydrogens (tertiary/aromatic N) is 3. The number of para-hydroxylation sites is 1. The first-order chi connectivity index (χ1) is 13.3. The van der Waals surface area contributed by atoms with Gasteiger partial charge >= 0.3 is 0 Å². The molecule has 0 bridgehead atoms. The average Bonchev–Trinajstić information content (AvgIpc) is 3.19. The van der Waals surface area contributed by atoms with Crippen molar-refractivity contribution in [3.63, 3.8) is 0 Å². The van der Waals surface area contributed by atoms with E-state index in [0.717, 1.165) is 11.3 Å². The zero-order chi connectivity index (χ0) is 20.1. The normalized spacial score (nSPS) is 13.8. The molecule has 0 unspecified atom stereocenters. The molecule has 0 amide bonds. The Morgan fingerprint density at radius 2 is 1.93 bits per heavy atom. The van der Waals surface area contributed by atoms with Crippen LogP contribution in [0.25, 0.3) is 0 Å². The summed E-state index contributed by atoms with van der Waals surface area (Å²) in [4.78, 5) is 0.211. The fraction of sp³-hybridized carbons (Fsp3) is 0.250. The maximum Gasteiger partial charge on any atom is 0.268 e. The van der Waals surface area contributed by atoms with Crippen molar-refractivity contribution in [3.8, 4) is 0 Å². The third kappa shape index (κ3) is 3.08. The van der Waals surface area contributed by atoms with Crippen molar-refractivity contribution < 1.29 is 12.8 Å². The minimum atomic E-state index is -3.74. The molecule has 2 aromatic carbocycles. The molecule has 8 heteroatoms. The molecule has 5 nitrogen and oxygen atoms in total. The summed E-state index contributed by atoms with van der Waals surface area (Å²) in [5.41, 5.74) is 3.37. The lowest BCUT2D eigenvalue weighted by Crippen LogP contribution is -2.30. The Hall–Kier alpha value is -2.38. The number of aromatic nitrogens is 2. The SMILES string of the molecule is Cc1nn(Cc2ccc(F)cc2Cl)c(C)c1S(=O)(=O)N1CCc2ccccc21. The van der Waals surface area contributed by atoms with Crippen LogP contribution in [0.3, 0.4) is 0 Å². The number of fused-ring (bicyclic) bond motifs is 1. The molecule has 0 atom stereocenters. The van der Waals surface area contributed by atoms with Gasteiger partial charge in [0.1, 0.15) is 10.7 Å².